The van der Waals surface area contributed by atoms with Gasteiger partial charge in [0.2, 0.25) is 0 Å². The molecule has 0 spiro atoms. The summed E-state index contributed by atoms with van der Waals surface area (Å²) < 4.78 is 31.8. The van der Waals surface area contributed by atoms with Gasteiger partial charge in [-0.25, -0.2) is 8.78 Å². The molecule has 0 radical (unpaired) electrons. The van der Waals surface area contributed by atoms with Crippen LogP contribution >= 0.6 is 11.6 Å². The summed E-state index contributed by atoms with van der Waals surface area (Å²) in [6.45, 7) is 0. The van der Waals surface area contributed by atoms with Crippen LogP contribution in [0.15, 0.2) is 36.4 Å². The van der Waals surface area contributed by atoms with Crippen LogP contribution in [0.5, 0.6) is 5.75 Å². The fourth-order valence-electron chi connectivity index (χ4n) is 1.80. The molecule has 104 valence electrons. The minimum atomic E-state index is -0.601. The monoisotopic (exact) mass is 296 g/mol. The Morgan fingerprint density at radius 1 is 1.25 bits per heavy atom. The number of carbonyl (C=O) groups excluding carboxylic acids is 1. The van der Waals surface area contributed by atoms with Gasteiger partial charge in [0, 0.05) is 12.0 Å². The summed E-state index contributed by atoms with van der Waals surface area (Å²) in [5.41, 5.74) is 0.452. The molecule has 2 nitrogen and oxygen atoms in total. The second-order valence-electron chi connectivity index (χ2n) is 4.16. The third-order valence-corrected chi connectivity index (χ3v) is 3.15. The molecule has 2 aromatic carbocycles. The first-order valence-corrected chi connectivity index (χ1v) is 6.20. The van der Waals surface area contributed by atoms with Gasteiger partial charge in [0.15, 0.2) is 17.3 Å². The molecule has 2 rings (SSSR count). The second-order valence-corrected chi connectivity index (χ2v) is 4.57. The van der Waals surface area contributed by atoms with Crippen LogP contribution < -0.4 is 4.74 Å². The molecule has 0 aliphatic heterocycles. The van der Waals surface area contributed by atoms with Crippen LogP contribution in [0.1, 0.15) is 15.9 Å². The fraction of sp³-hybridized carbons (Fsp3) is 0.133. The van der Waals surface area contributed by atoms with E-state index in [1.165, 1.54) is 31.4 Å². The number of hydrogen-bond donors (Lipinski definition) is 0. The van der Waals surface area contributed by atoms with Crippen molar-refractivity contribution in [3.8, 4) is 5.75 Å². The molecule has 0 fully saturated rings. The van der Waals surface area contributed by atoms with Crippen molar-refractivity contribution in [3.05, 3.63) is 64.2 Å². The van der Waals surface area contributed by atoms with Crippen molar-refractivity contribution < 1.29 is 18.3 Å². The first-order valence-electron chi connectivity index (χ1n) is 5.82. The summed E-state index contributed by atoms with van der Waals surface area (Å²) in [5, 5.41) is -0.137. The van der Waals surface area contributed by atoms with Gasteiger partial charge in [-0.05, 0) is 29.8 Å². The lowest BCUT2D eigenvalue weighted by Crippen LogP contribution is -2.06. The van der Waals surface area contributed by atoms with Gasteiger partial charge < -0.3 is 4.74 Å². The van der Waals surface area contributed by atoms with Crippen molar-refractivity contribution in [2.75, 3.05) is 7.11 Å². The Balaban J connectivity index is 2.25. The molecule has 0 amide bonds. The van der Waals surface area contributed by atoms with Crippen molar-refractivity contribution in [2.45, 2.75) is 6.42 Å². The van der Waals surface area contributed by atoms with Gasteiger partial charge in [-0.1, -0.05) is 23.7 Å². The van der Waals surface area contributed by atoms with E-state index >= 15 is 0 Å². The average molecular weight is 297 g/mol. The fourth-order valence-corrected chi connectivity index (χ4v) is 1.98. The van der Waals surface area contributed by atoms with E-state index in [1.807, 2.05) is 0 Å². The quantitative estimate of drug-likeness (QED) is 0.796. The highest BCUT2D eigenvalue weighted by molar-refractivity contribution is 6.31. The lowest BCUT2D eigenvalue weighted by Gasteiger charge is -2.07. The van der Waals surface area contributed by atoms with Gasteiger partial charge in [0.1, 0.15) is 5.82 Å². The summed E-state index contributed by atoms with van der Waals surface area (Å²) in [5.74, 6) is -1.45. The largest absolute Gasteiger partial charge is 0.494 e. The normalized spacial score (nSPS) is 10.4. The highest BCUT2D eigenvalue weighted by Crippen LogP contribution is 2.22. The van der Waals surface area contributed by atoms with Gasteiger partial charge in [0.05, 0.1) is 12.1 Å². The standard InChI is InChI=1S/C15H11ClF2O2/c1-20-14-4-2-3-10(15(14)18)8-13(19)9-5-6-12(17)11(16)7-9/h2-7H,8H2,1H3. The maximum Gasteiger partial charge on any atom is 0.168 e. The molecule has 0 saturated carbocycles. The van der Waals surface area contributed by atoms with Gasteiger partial charge >= 0.3 is 0 Å². The molecular formula is C15H11ClF2O2. The van der Waals surface area contributed by atoms with E-state index in [1.54, 1.807) is 6.07 Å². The molecule has 0 N–H and O–H groups in total. The van der Waals surface area contributed by atoms with E-state index in [2.05, 4.69) is 0 Å². The molecule has 0 heterocycles. The van der Waals surface area contributed by atoms with Crippen LogP contribution in [0.3, 0.4) is 0 Å². The summed E-state index contributed by atoms with van der Waals surface area (Å²) in [6, 6.07) is 8.23. The first kappa shape index (κ1) is 14.5. The molecule has 0 bridgehead atoms. The number of carbonyl (C=O) groups is 1. The minimum absolute atomic E-state index is 0.0763. The molecule has 20 heavy (non-hydrogen) atoms. The molecule has 0 aliphatic rings. The molecule has 5 heteroatoms. The highest BCUT2D eigenvalue weighted by Gasteiger charge is 2.14. The second kappa shape index (κ2) is 6.01. The number of rotatable bonds is 4. The third-order valence-electron chi connectivity index (χ3n) is 2.86. The molecule has 0 aliphatic carbocycles. The maximum absolute atomic E-state index is 13.9. The van der Waals surface area contributed by atoms with Gasteiger partial charge in [0.25, 0.3) is 0 Å². The van der Waals surface area contributed by atoms with Crippen LogP contribution in [-0.4, -0.2) is 12.9 Å². The number of ether oxygens (including phenoxy) is 1. The Morgan fingerprint density at radius 3 is 2.65 bits per heavy atom. The van der Waals surface area contributed by atoms with Crippen molar-refractivity contribution in [1.29, 1.82) is 0 Å². The summed E-state index contributed by atoms with van der Waals surface area (Å²) in [4.78, 5) is 12.0. The van der Waals surface area contributed by atoms with Crippen LogP contribution in [0.4, 0.5) is 8.78 Å². The van der Waals surface area contributed by atoms with Gasteiger partial charge in [-0.3, -0.25) is 4.79 Å². The Kier molecular flexibility index (Phi) is 4.35. The lowest BCUT2D eigenvalue weighted by atomic mass is 10.0. The van der Waals surface area contributed by atoms with E-state index in [4.69, 9.17) is 16.3 Å². The Morgan fingerprint density at radius 2 is 2.00 bits per heavy atom. The average Bonchev–Trinajstić information content (AvgIpc) is 2.44. The molecule has 2 aromatic rings. The number of halogens is 3. The Labute approximate surface area is 119 Å². The predicted octanol–water partition coefficient (Wildman–Crippen LogP) is 4.05. The summed E-state index contributed by atoms with van der Waals surface area (Å²) in [6.07, 6.45) is -0.148. The van der Waals surface area contributed by atoms with Crippen molar-refractivity contribution >= 4 is 17.4 Å². The van der Waals surface area contributed by atoms with Crippen LogP contribution in [0, 0.1) is 11.6 Å². The summed E-state index contributed by atoms with van der Waals surface area (Å²) in [7, 11) is 1.35. The Bertz CT molecular complexity index is 656. The number of ketones is 1. The van der Waals surface area contributed by atoms with Crippen molar-refractivity contribution in [1.82, 2.24) is 0 Å². The maximum atomic E-state index is 13.9. The molecular weight excluding hydrogens is 286 g/mol. The molecule has 0 aromatic heterocycles. The van der Waals surface area contributed by atoms with Gasteiger partial charge in [-0.15, -0.1) is 0 Å². The van der Waals surface area contributed by atoms with Gasteiger partial charge in [-0.2, -0.15) is 0 Å². The molecule has 0 unspecified atom stereocenters. The first-order chi connectivity index (χ1) is 9.52. The SMILES string of the molecule is COc1cccc(CC(=O)c2ccc(F)c(Cl)c2)c1F. The van der Waals surface area contributed by atoms with E-state index in [-0.39, 0.29) is 34.1 Å². The van der Waals surface area contributed by atoms with Crippen molar-refractivity contribution in [2.24, 2.45) is 0 Å². The van der Waals surface area contributed by atoms with E-state index in [0.29, 0.717) is 0 Å². The molecule has 0 saturated heterocycles. The van der Waals surface area contributed by atoms with E-state index in [0.717, 1.165) is 6.07 Å². The highest BCUT2D eigenvalue weighted by atomic mass is 35.5. The number of methoxy groups -OCH3 is 1. The van der Waals surface area contributed by atoms with E-state index < -0.39 is 11.6 Å². The van der Waals surface area contributed by atoms with Crippen LogP contribution in [-0.2, 0) is 6.42 Å². The third kappa shape index (κ3) is 2.96. The Hall–Kier alpha value is -1.94. The molecule has 0 atom stereocenters. The zero-order valence-electron chi connectivity index (χ0n) is 10.6. The number of Topliss-reactive ketones (excluding diaryl/α,β-unsaturated/α-hetero) is 1. The lowest BCUT2D eigenvalue weighted by molar-refractivity contribution is 0.0991. The van der Waals surface area contributed by atoms with Crippen LogP contribution in [0.25, 0.3) is 0 Å². The zero-order valence-corrected chi connectivity index (χ0v) is 11.4. The number of benzene rings is 2. The number of hydrogen-bond acceptors (Lipinski definition) is 2. The summed E-state index contributed by atoms with van der Waals surface area (Å²) >= 11 is 5.62. The predicted molar refractivity (Wildman–Crippen MR) is 72.4 cm³/mol. The zero-order chi connectivity index (χ0) is 14.7. The smallest absolute Gasteiger partial charge is 0.168 e. The van der Waals surface area contributed by atoms with Crippen molar-refractivity contribution in [3.63, 3.8) is 0 Å². The van der Waals surface area contributed by atoms with Crippen LogP contribution in [0.2, 0.25) is 5.02 Å². The topological polar surface area (TPSA) is 26.3 Å². The minimum Gasteiger partial charge on any atom is -0.494 e. The van der Waals surface area contributed by atoms with E-state index in [9.17, 15) is 13.6 Å².